The van der Waals surface area contributed by atoms with Gasteiger partial charge < -0.3 is 15.0 Å². The second kappa shape index (κ2) is 6.36. The van der Waals surface area contributed by atoms with Gasteiger partial charge in [0.05, 0.1) is 0 Å². The van der Waals surface area contributed by atoms with E-state index in [-0.39, 0.29) is 0 Å². The van der Waals surface area contributed by atoms with Gasteiger partial charge in [0, 0.05) is 32.3 Å². The van der Waals surface area contributed by atoms with E-state index in [1.165, 1.54) is 64.7 Å². The molecule has 3 fully saturated rings. The van der Waals surface area contributed by atoms with Crippen molar-refractivity contribution in [3.8, 4) is 0 Å². The summed E-state index contributed by atoms with van der Waals surface area (Å²) in [6, 6.07) is 0.870. The van der Waals surface area contributed by atoms with Gasteiger partial charge in [-0.05, 0) is 63.5 Å². The molecule has 0 spiro atoms. The molecule has 3 heteroatoms. The predicted octanol–water partition coefficient (Wildman–Crippen LogP) is 1.88. The van der Waals surface area contributed by atoms with Gasteiger partial charge in [-0.2, -0.15) is 0 Å². The molecule has 1 atom stereocenters. The molecular formula is C15H28N2O. The molecule has 2 aliphatic carbocycles. The standard InChI is InChI=1S/C15H28N2O/c1(9-18-12-13-2-3-13)7-17-8-6-14(11-17)10-16-15-4-5-15/h13-16H,1-12H2. The van der Waals surface area contributed by atoms with Gasteiger partial charge in [0.2, 0.25) is 0 Å². The quantitative estimate of drug-likeness (QED) is 0.634. The molecule has 2 saturated carbocycles. The highest BCUT2D eigenvalue weighted by Gasteiger charge is 2.26. The van der Waals surface area contributed by atoms with Crippen molar-refractivity contribution in [2.45, 2.75) is 44.6 Å². The first kappa shape index (κ1) is 12.9. The summed E-state index contributed by atoms with van der Waals surface area (Å²) in [6.07, 6.45) is 8.24. The van der Waals surface area contributed by atoms with Gasteiger partial charge in [-0.3, -0.25) is 0 Å². The maximum absolute atomic E-state index is 5.69. The topological polar surface area (TPSA) is 24.5 Å². The molecule has 1 unspecified atom stereocenters. The first-order valence-corrected chi connectivity index (χ1v) is 7.93. The van der Waals surface area contributed by atoms with Crippen molar-refractivity contribution in [3.05, 3.63) is 0 Å². The lowest BCUT2D eigenvalue weighted by Crippen LogP contribution is -2.28. The molecule has 1 N–H and O–H groups in total. The summed E-state index contributed by atoms with van der Waals surface area (Å²) < 4.78 is 5.69. The van der Waals surface area contributed by atoms with Gasteiger partial charge in [0.15, 0.2) is 0 Å². The molecule has 0 aromatic carbocycles. The zero-order valence-electron chi connectivity index (χ0n) is 11.6. The summed E-state index contributed by atoms with van der Waals surface area (Å²) >= 11 is 0. The largest absolute Gasteiger partial charge is 0.381 e. The second-order valence-electron chi connectivity index (χ2n) is 6.51. The minimum atomic E-state index is 0.870. The van der Waals surface area contributed by atoms with Crippen molar-refractivity contribution in [3.63, 3.8) is 0 Å². The summed E-state index contributed by atoms with van der Waals surface area (Å²) in [5.41, 5.74) is 0. The predicted molar refractivity (Wildman–Crippen MR) is 73.7 cm³/mol. The van der Waals surface area contributed by atoms with Crippen LogP contribution in [0.1, 0.15) is 38.5 Å². The normalized spacial score (nSPS) is 29.0. The fraction of sp³-hybridized carbons (Fsp3) is 1.00. The van der Waals surface area contributed by atoms with E-state index in [9.17, 15) is 0 Å². The third kappa shape index (κ3) is 4.52. The lowest BCUT2D eigenvalue weighted by molar-refractivity contribution is 0.114. The monoisotopic (exact) mass is 252 g/mol. The summed E-state index contributed by atoms with van der Waals surface area (Å²) in [5, 5.41) is 3.66. The van der Waals surface area contributed by atoms with Crippen LogP contribution in [0.2, 0.25) is 0 Å². The molecular weight excluding hydrogens is 224 g/mol. The van der Waals surface area contributed by atoms with E-state index in [1.54, 1.807) is 0 Å². The average molecular weight is 252 g/mol. The Morgan fingerprint density at radius 3 is 2.72 bits per heavy atom. The van der Waals surface area contributed by atoms with Gasteiger partial charge in [0.25, 0.3) is 0 Å². The summed E-state index contributed by atoms with van der Waals surface area (Å²) in [4.78, 5) is 2.62. The van der Waals surface area contributed by atoms with E-state index in [0.29, 0.717) is 0 Å². The molecule has 3 nitrogen and oxygen atoms in total. The highest BCUT2D eigenvalue weighted by molar-refractivity contribution is 4.84. The maximum atomic E-state index is 5.69. The van der Waals surface area contributed by atoms with Gasteiger partial charge >= 0.3 is 0 Å². The molecule has 1 aliphatic heterocycles. The Morgan fingerprint density at radius 2 is 1.94 bits per heavy atom. The van der Waals surface area contributed by atoms with E-state index >= 15 is 0 Å². The highest BCUT2D eigenvalue weighted by atomic mass is 16.5. The SMILES string of the molecule is C(COCC1CC1)CN1CCC(CNC2CC2)C1. The molecule has 0 amide bonds. The summed E-state index contributed by atoms with van der Waals surface area (Å²) in [6.45, 7) is 7.10. The Balaban J connectivity index is 1.18. The number of ether oxygens (including phenoxy) is 1. The maximum Gasteiger partial charge on any atom is 0.0494 e. The van der Waals surface area contributed by atoms with E-state index < -0.39 is 0 Å². The Bertz CT molecular complexity index is 251. The summed E-state index contributed by atoms with van der Waals surface area (Å²) in [5.74, 6) is 1.81. The number of nitrogens with one attached hydrogen (secondary N) is 1. The van der Waals surface area contributed by atoms with Crippen molar-refractivity contribution in [2.24, 2.45) is 11.8 Å². The van der Waals surface area contributed by atoms with Crippen molar-refractivity contribution in [2.75, 3.05) is 39.4 Å². The van der Waals surface area contributed by atoms with E-state index in [2.05, 4.69) is 10.2 Å². The van der Waals surface area contributed by atoms with Gasteiger partial charge in [-0.1, -0.05) is 0 Å². The van der Waals surface area contributed by atoms with Gasteiger partial charge in [-0.15, -0.1) is 0 Å². The van der Waals surface area contributed by atoms with Crippen LogP contribution in [0.25, 0.3) is 0 Å². The van der Waals surface area contributed by atoms with Crippen molar-refractivity contribution in [1.29, 1.82) is 0 Å². The van der Waals surface area contributed by atoms with Crippen molar-refractivity contribution < 1.29 is 4.74 Å². The molecule has 0 aromatic rings. The minimum Gasteiger partial charge on any atom is -0.381 e. The van der Waals surface area contributed by atoms with E-state index in [4.69, 9.17) is 4.74 Å². The zero-order valence-corrected chi connectivity index (χ0v) is 11.6. The van der Waals surface area contributed by atoms with E-state index in [0.717, 1.165) is 31.1 Å². The first-order valence-electron chi connectivity index (χ1n) is 7.93. The Hall–Kier alpha value is -0.120. The van der Waals surface area contributed by atoms with Crippen molar-refractivity contribution in [1.82, 2.24) is 10.2 Å². The highest BCUT2D eigenvalue weighted by Crippen LogP contribution is 2.28. The van der Waals surface area contributed by atoms with Crippen LogP contribution in [-0.4, -0.2) is 50.3 Å². The van der Waals surface area contributed by atoms with Crippen LogP contribution in [0.15, 0.2) is 0 Å². The number of likely N-dealkylation sites (tertiary alicyclic amines) is 1. The van der Waals surface area contributed by atoms with E-state index in [1.807, 2.05) is 0 Å². The lowest BCUT2D eigenvalue weighted by Gasteiger charge is -2.16. The van der Waals surface area contributed by atoms with Crippen LogP contribution in [0, 0.1) is 11.8 Å². The van der Waals surface area contributed by atoms with Crippen LogP contribution in [0.3, 0.4) is 0 Å². The van der Waals surface area contributed by atoms with Crippen LogP contribution in [-0.2, 0) is 4.74 Å². The van der Waals surface area contributed by atoms with Gasteiger partial charge in [-0.25, -0.2) is 0 Å². The summed E-state index contributed by atoms with van der Waals surface area (Å²) in [7, 11) is 0. The molecule has 3 rings (SSSR count). The number of hydrogen-bond donors (Lipinski definition) is 1. The molecule has 104 valence electrons. The number of hydrogen-bond acceptors (Lipinski definition) is 3. The Kier molecular flexibility index (Phi) is 4.55. The molecule has 0 aromatic heterocycles. The molecule has 18 heavy (non-hydrogen) atoms. The van der Waals surface area contributed by atoms with Crippen LogP contribution >= 0.6 is 0 Å². The smallest absolute Gasteiger partial charge is 0.0494 e. The fourth-order valence-corrected chi connectivity index (χ4v) is 2.83. The van der Waals surface area contributed by atoms with Crippen molar-refractivity contribution >= 4 is 0 Å². The molecule has 0 bridgehead atoms. The Morgan fingerprint density at radius 1 is 1.06 bits per heavy atom. The Labute approximate surface area is 111 Å². The molecule has 3 aliphatic rings. The van der Waals surface area contributed by atoms with Crippen LogP contribution in [0.5, 0.6) is 0 Å². The fourth-order valence-electron chi connectivity index (χ4n) is 2.83. The van der Waals surface area contributed by atoms with Crippen LogP contribution in [0.4, 0.5) is 0 Å². The lowest BCUT2D eigenvalue weighted by atomic mass is 10.1. The number of rotatable bonds is 9. The van der Waals surface area contributed by atoms with Crippen LogP contribution < -0.4 is 5.32 Å². The van der Waals surface area contributed by atoms with Gasteiger partial charge in [0.1, 0.15) is 0 Å². The third-order valence-electron chi connectivity index (χ3n) is 4.46. The zero-order chi connectivity index (χ0) is 12.2. The average Bonchev–Trinajstić information content (AvgIpc) is 3.28. The third-order valence-corrected chi connectivity index (χ3v) is 4.46. The molecule has 0 radical (unpaired) electrons. The molecule has 1 saturated heterocycles. The number of nitrogens with zero attached hydrogens (tertiary/aromatic N) is 1. The minimum absolute atomic E-state index is 0.870. The second-order valence-corrected chi connectivity index (χ2v) is 6.51. The first-order chi connectivity index (χ1) is 8.90. The molecule has 1 heterocycles.